The van der Waals surface area contributed by atoms with E-state index in [4.69, 9.17) is 11.6 Å². The molecule has 0 aliphatic carbocycles. The lowest BCUT2D eigenvalue weighted by atomic mass is 10.3. The van der Waals surface area contributed by atoms with Crippen LogP contribution in [0.5, 0.6) is 0 Å². The second-order valence-corrected chi connectivity index (χ2v) is 4.65. The van der Waals surface area contributed by atoms with Crippen molar-refractivity contribution in [3.8, 4) is 0 Å². The summed E-state index contributed by atoms with van der Waals surface area (Å²) in [6.45, 7) is 1.16. The Hall–Kier alpha value is -0.710. The van der Waals surface area contributed by atoms with Gasteiger partial charge in [-0.2, -0.15) is 11.8 Å². The molecule has 3 nitrogen and oxygen atoms in total. The third-order valence-electron chi connectivity index (χ3n) is 1.88. The van der Waals surface area contributed by atoms with Gasteiger partial charge in [-0.05, 0) is 24.5 Å². The van der Waals surface area contributed by atoms with Crippen molar-refractivity contribution in [1.29, 1.82) is 0 Å². The van der Waals surface area contributed by atoms with E-state index < -0.39 is 0 Å². The van der Waals surface area contributed by atoms with Crippen LogP contribution in [0.2, 0.25) is 5.02 Å². The standard InChI is InChI=1S/C11H15ClN2OS/c1-16-6-5-13-8-11(15)14-10-4-2-3-9(12)7-10/h2-4,7,13H,5-6,8H2,1H3,(H,14,15). The predicted molar refractivity (Wildman–Crippen MR) is 71.3 cm³/mol. The van der Waals surface area contributed by atoms with Crippen molar-refractivity contribution >= 4 is 35.0 Å². The molecule has 0 aliphatic heterocycles. The van der Waals surface area contributed by atoms with Crippen LogP contribution in [0.25, 0.3) is 0 Å². The van der Waals surface area contributed by atoms with Gasteiger partial charge in [0.2, 0.25) is 5.91 Å². The minimum absolute atomic E-state index is 0.0524. The number of rotatable bonds is 6. The molecule has 0 unspecified atom stereocenters. The Morgan fingerprint density at radius 1 is 1.50 bits per heavy atom. The third kappa shape index (κ3) is 5.39. The van der Waals surface area contributed by atoms with Crippen molar-refractivity contribution in [2.24, 2.45) is 0 Å². The van der Waals surface area contributed by atoms with Gasteiger partial charge >= 0.3 is 0 Å². The van der Waals surface area contributed by atoms with Gasteiger partial charge in [-0.25, -0.2) is 0 Å². The molecule has 88 valence electrons. The second-order valence-electron chi connectivity index (χ2n) is 3.23. The normalized spacial score (nSPS) is 10.1. The molecule has 5 heteroatoms. The summed E-state index contributed by atoms with van der Waals surface area (Å²) in [6.07, 6.45) is 2.04. The second kappa shape index (κ2) is 7.54. The molecule has 0 saturated carbocycles. The first-order chi connectivity index (χ1) is 7.72. The van der Waals surface area contributed by atoms with Crippen LogP contribution in [0.1, 0.15) is 0 Å². The van der Waals surface area contributed by atoms with Gasteiger partial charge < -0.3 is 10.6 Å². The largest absolute Gasteiger partial charge is 0.325 e. The summed E-state index contributed by atoms with van der Waals surface area (Å²) in [5, 5.41) is 6.44. The smallest absolute Gasteiger partial charge is 0.238 e. The number of carbonyl (C=O) groups is 1. The highest BCUT2D eigenvalue weighted by atomic mass is 35.5. The van der Waals surface area contributed by atoms with Crippen molar-refractivity contribution < 1.29 is 4.79 Å². The maximum Gasteiger partial charge on any atom is 0.238 e. The van der Waals surface area contributed by atoms with Gasteiger partial charge in [0.1, 0.15) is 0 Å². The number of halogens is 1. The maximum atomic E-state index is 11.5. The molecule has 1 amide bonds. The van der Waals surface area contributed by atoms with E-state index in [1.54, 1.807) is 30.0 Å². The lowest BCUT2D eigenvalue weighted by molar-refractivity contribution is -0.115. The molecule has 1 aromatic carbocycles. The molecule has 1 rings (SSSR count). The number of hydrogen-bond donors (Lipinski definition) is 2. The Bertz CT molecular complexity index is 347. The summed E-state index contributed by atoms with van der Waals surface area (Å²) in [7, 11) is 0. The van der Waals surface area contributed by atoms with Gasteiger partial charge in [0.05, 0.1) is 6.54 Å². The van der Waals surface area contributed by atoms with Crippen LogP contribution in [0.3, 0.4) is 0 Å². The molecule has 0 fully saturated rings. The number of thioether (sulfide) groups is 1. The van der Waals surface area contributed by atoms with Gasteiger partial charge in [0, 0.05) is 23.0 Å². The average Bonchev–Trinajstić information content (AvgIpc) is 2.24. The van der Waals surface area contributed by atoms with E-state index in [9.17, 15) is 4.79 Å². The van der Waals surface area contributed by atoms with Gasteiger partial charge in [-0.3, -0.25) is 4.79 Å². The first kappa shape index (κ1) is 13.4. The zero-order valence-corrected chi connectivity index (χ0v) is 10.7. The summed E-state index contributed by atoms with van der Waals surface area (Å²) in [5.41, 5.74) is 0.726. The number of nitrogens with one attached hydrogen (secondary N) is 2. The predicted octanol–water partition coefficient (Wildman–Crippen LogP) is 2.23. The molecule has 16 heavy (non-hydrogen) atoms. The number of hydrogen-bond acceptors (Lipinski definition) is 3. The topological polar surface area (TPSA) is 41.1 Å². The van der Waals surface area contributed by atoms with Crippen LogP contribution >= 0.6 is 23.4 Å². The molecule has 0 saturated heterocycles. The first-order valence-corrected chi connectivity index (χ1v) is 6.74. The van der Waals surface area contributed by atoms with Crippen molar-refractivity contribution in [3.63, 3.8) is 0 Å². The van der Waals surface area contributed by atoms with Crippen molar-refractivity contribution in [3.05, 3.63) is 29.3 Å². The number of anilines is 1. The quantitative estimate of drug-likeness (QED) is 0.769. The van der Waals surface area contributed by atoms with Crippen molar-refractivity contribution in [1.82, 2.24) is 5.32 Å². The SMILES string of the molecule is CSCCNCC(=O)Nc1cccc(Cl)c1. The minimum Gasteiger partial charge on any atom is -0.325 e. The van der Waals surface area contributed by atoms with Crippen LogP contribution in [-0.2, 0) is 4.79 Å². The van der Waals surface area contributed by atoms with E-state index in [0.29, 0.717) is 11.6 Å². The van der Waals surface area contributed by atoms with Gasteiger partial charge in [0.15, 0.2) is 0 Å². The molecule has 0 atom stereocenters. The monoisotopic (exact) mass is 258 g/mol. The molecule has 0 bridgehead atoms. The van der Waals surface area contributed by atoms with E-state index in [1.165, 1.54) is 0 Å². The number of amides is 1. The van der Waals surface area contributed by atoms with E-state index in [-0.39, 0.29) is 5.91 Å². The fourth-order valence-electron chi connectivity index (χ4n) is 1.15. The van der Waals surface area contributed by atoms with Crippen LogP contribution in [-0.4, -0.2) is 31.0 Å². The molecule has 0 aromatic heterocycles. The third-order valence-corrected chi connectivity index (χ3v) is 2.72. The maximum absolute atomic E-state index is 11.5. The Labute approximate surface area is 105 Å². The van der Waals surface area contributed by atoms with E-state index in [2.05, 4.69) is 10.6 Å². The summed E-state index contributed by atoms with van der Waals surface area (Å²) in [6, 6.07) is 7.11. The van der Waals surface area contributed by atoms with E-state index in [0.717, 1.165) is 18.0 Å². The van der Waals surface area contributed by atoms with Crippen molar-refractivity contribution in [2.75, 3.05) is 30.4 Å². The Morgan fingerprint density at radius 2 is 2.31 bits per heavy atom. The average molecular weight is 259 g/mol. The molecular formula is C11H15ClN2OS. The zero-order valence-electron chi connectivity index (χ0n) is 9.13. The van der Waals surface area contributed by atoms with Crippen LogP contribution in [0, 0.1) is 0 Å². The minimum atomic E-state index is -0.0524. The highest BCUT2D eigenvalue weighted by molar-refractivity contribution is 7.98. The van der Waals surface area contributed by atoms with Crippen LogP contribution < -0.4 is 10.6 Å². The van der Waals surface area contributed by atoms with E-state index in [1.807, 2.05) is 12.3 Å². The zero-order chi connectivity index (χ0) is 11.8. The highest BCUT2D eigenvalue weighted by Gasteiger charge is 2.01. The molecule has 1 aromatic rings. The van der Waals surface area contributed by atoms with Gasteiger partial charge in [-0.15, -0.1) is 0 Å². The summed E-state index contributed by atoms with van der Waals surface area (Å²) >= 11 is 7.55. The lowest BCUT2D eigenvalue weighted by Crippen LogP contribution is -2.29. The number of benzene rings is 1. The van der Waals surface area contributed by atoms with Gasteiger partial charge in [0.25, 0.3) is 0 Å². The molecular weight excluding hydrogens is 244 g/mol. The Balaban J connectivity index is 2.29. The Kier molecular flexibility index (Phi) is 6.30. The molecule has 0 spiro atoms. The highest BCUT2D eigenvalue weighted by Crippen LogP contribution is 2.14. The summed E-state index contributed by atoms with van der Waals surface area (Å²) in [4.78, 5) is 11.5. The molecule has 0 aliphatic rings. The number of carbonyl (C=O) groups excluding carboxylic acids is 1. The summed E-state index contributed by atoms with van der Waals surface area (Å²) in [5.74, 6) is 0.952. The fraction of sp³-hybridized carbons (Fsp3) is 0.364. The molecule has 0 radical (unpaired) electrons. The fourth-order valence-corrected chi connectivity index (χ4v) is 1.69. The van der Waals surface area contributed by atoms with Gasteiger partial charge in [-0.1, -0.05) is 17.7 Å². The van der Waals surface area contributed by atoms with Crippen molar-refractivity contribution in [2.45, 2.75) is 0 Å². The lowest BCUT2D eigenvalue weighted by Gasteiger charge is -2.06. The van der Waals surface area contributed by atoms with Crippen LogP contribution in [0.4, 0.5) is 5.69 Å². The summed E-state index contributed by atoms with van der Waals surface area (Å²) < 4.78 is 0. The van der Waals surface area contributed by atoms with E-state index >= 15 is 0 Å². The Morgan fingerprint density at radius 3 is 3.00 bits per heavy atom. The first-order valence-electron chi connectivity index (χ1n) is 4.97. The molecule has 2 N–H and O–H groups in total. The molecule has 0 heterocycles. The van der Waals surface area contributed by atoms with Crippen LogP contribution in [0.15, 0.2) is 24.3 Å².